The number of nitrogens with one attached hydrogen (secondary N) is 2. The number of H-pyrrole nitrogens is 1. The Labute approximate surface area is 130 Å². The maximum atomic E-state index is 12.0. The van der Waals surface area contributed by atoms with E-state index in [9.17, 15) is 4.79 Å². The topological polar surface area (TPSA) is 57.8 Å². The van der Waals surface area contributed by atoms with Crippen LogP contribution in [0.2, 0.25) is 0 Å². The zero-order valence-electron chi connectivity index (χ0n) is 12.7. The molecule has 0 saturated carbocycles. The fraction of sp³-hybridized carbons (Fsp3) is 0.500. The molecular weight excluding hydrogens is 282 g/mol. The molecule has 1 heterocycles. The van der Waals surface area contributed by atoms with Gasteiger partial charge >= 0.3 is 0 Å². The van der Waals surface area contributed by atoms with Gasteiger partial charge in [-0.05, 0) is 37.0 Å². The Morgan fingerprint density at radius 1 is 1.43 bits per heavy atom. The van der Waals surface area contributed by atoms with Crippen LogP contribution in [0, 0.1) is 0 Å². The summed E-state index contributed by atoms with van der Waals surface area (Å²) < 4.78 is 0. The highest BCUT2D eigenvalue weighted by Crippen LogP contribution is 2.20. The zero-order valence-corrected chi connectivity index (χ0v) is 13.5. The minimum absolute atomic E-state index is 0.0331. The largest absolute Gasteiger partial charge is 0.346 e. The number of fused-ring (bicyclic) bond motifs is 1. The fourth-order valence-electron chi connectivity index (χ4n) is 2.25. The van der Waals surface area contributed by atoms with Crippen LogP contribution in [0.15, 0.2) is 24.3 Å². The van der Waals surface area contributed by atoms with E-state index in [0.717, 1.165) is 41.9 Å². The van der Waals surface area contributed by atoms with E-state index in [2.05, 4.69) is 28.5 Å². The van der Waals surface area contributed by atoms with Gasteiger partial charge in [0.2, 0.25) is 5.91 Å². The number of unbranched alkanes of at least 4 members (excludes halogenated alkanes) is 1. The number of benzene rings is 1. The third kappa shape index (κ3) is 4.49. The lowest BCUT2D eigenvalue weighted by atomic mass is 10.2. The van der Waals surface area contributed by atoms with Gasteiger partial charge in [0.05, 0.1) is 17.1 Å². The Morgan fingerprint density at radius 3 is 2.95 bits per heavy atom. The predicted molar refractivity (Wildman–Crippen MR) is 89.5 cm³/mol. The summed E-state index contributed by atoms with van der Waals surface area (Å²) >= 11 is 1.78. The van der Waals surface area contributed by atoms with Crippen molar-refractivity contribution in [1.82, 2.24) is 15.3 Å². The average Bonchev–Trinajstić information content (AvgIpc) is 2.93. The lowest BCUT2D eigenvalue weighted by molar-refractivity contribution is -0.122. The fourth-order valence-corrected chi connectivity index (χ4v) is 2.73. The van der Waals surface area contributed by atoms with E-state index in [1.54, 1.807) is 11.8 Å². The molecule has 2 rings (SSSR count). The van der Waals surface area contributed by atoms with Crippen molar-refractivity contribution < 1.29 is 4.79 Å². The molecule has 5 heteroatoms. The molecule has 0 aliphatic carbocycles. The second kappa shape index (κ2) is 8.08. The third-order valence-electron chi connectivity index (χ3n) is 3.44. The van der Waals surface area contributed by atoms with Crippen LogP contribution < -0.4 is 5.32 Å². The molecule has 0 spiro atoms. The monoisotopic (exact) mass is 305 g/mol. The Balaban J connectivity index is 2.12. The first kappa shape index (κ1) is 15.9. The molecule has 0 radical (unpaired) electrons. The first-order valence-corrected chi connectivity index (χ1v) is 8.87. The van der Waals surface area contributed by atoms with Gasteiger partial charge in [-0.2, -0.15) is 11.8 Å². The molecule has 1 atom stereocenters. The number of aromatic nitrogens is 2. The van der Waals surface area contributed by atoms with Gasteiger partial charge in [-0.3, -0.25) is 4.79 Å². The van der Waals surface area contributed by atoms with Crippen LogP contribution in [-0.2, 0) is 4.79 Å². The predicted octanol–water partition coefficient (Wildman–Crippen LogP) is 3.66. The van der Waals surface area contributed by atoms with E-state index in [4.69, 9.17) is 0 Å². The number of thioether (sulfide) groups is 1. The summed E-state index contributed by atoms with van der Waals surface area (Å²) in [6, 6.07) is 7.93. The Bertz CT molecular complexity index is 549. The summed E-state index contributed by atoms with van der Waals surface area (Å²) in [6.45, 7) is 2.09. The highest BCUT2D eigenvalue weighted by atomic mass is 32.2. The quantitative estimate of drug-likeness (QED) is 0.782. The summed E-state index contributed by atoms with van der Waals surface area (Å²) in [5.74, 6) is 1.97. The molecule has 2 aromatic rings. The van der Waals surface area contributed by atoms with Crippen molar-refractivity contribution in [3.05, 3.63) is 30.1 Å². The van der Waals surface area contributed by atoms with Gasteiger partial charge in [-0.15, -0.1) is 0 Å². The SMILES string of the molecule is CCCCC(=O)N[C@H](CCSC)c1nc2ccccc2[nH]1. The summed E-state index contributed by atoms with van der Waals surface area (Å²) in [5.41, 5.74) is 1.97. The highest BCUT2D eigenvalue weighted by Gasteiger charge is 2.17. The molecule has 4 nitrogen and oxygen atoms in total. The second-order valence-corrected chi connectivity index (χ2v) is 6.13. The van der Waals surface area contributed by atoms with E-state index in [1.165, 1.54) is 0 Å². The molecule has 0 bridgehead atoms. The van der Waals surface area contributed by atoms with Gasteiger partial charge < -0.3 is 10.3 Å². The number of carbonyl (C=O) groups is 1. The molecule has 0 fully saturated rings. The minimum Gasteiger partial charge on any atom is -0.346 e. The van der Waals surface area contributed by atoms with E-state index in [-0.39, 0.29) is 11.9 Å². The number of rotatable bonds is 8. The summed E-state index contributed by atoms with van der Waals surface area (Å²) in [7, 11) is 0. The van der Waals surface area contributed by atoms with Crippen LogP contribution in [0.4, 0.5) is 0 Å². The van der Waals surface area contributed by atoms with E-state index in [0.29, 0.717) is 6.42 Å². The first-order valence-electron chi connectivity index (χ1n) is 7.47. The van der Waals surface area contributed by atoms with Crippen molar-refractivity contribution in [1.29, 1.82) is 0 Å². The van der Waals surface area contributed by atoms with Crippen LogP contribution in [0.25, 0.3) is 11.0 Å². The Kier molecular flexibility index (Phi) is 6.11. The molecule has 0 unspecified atom stereocenters. The van der Waals surface area contributed by atoms with E-state index in [1.807, 2.05) is 24.3 Å². The van der Waals surface area contributed by atoms with Gasteiger partial charge in [-0.1, -0.05) is 25.5 Å². The van der Waals surface area contributed by atoms with Gasteiger partial charge in [0.1, 0.15) is 5.82 Å². The summed E-state index contributed by atoms with van der Waals surface area (Å²) in [5, 5.41) is 3.12. The van der Waals surface area contributed by atoms with Gasteiger partial charge in [0.15, 0.2) is 0 Å². The van der Waals surface area contributed by atoms with E-state index >= 15 is 0 Å². The Morgan fingerprint density at radius 2 is 2.24 bits per heavy atom. The Hall–Kier alpha value is -1.49. The number of amides is 1. The lowest BCUT2D eigenvalue weighted by Gasteiger charge is -2.16. The summed E-state index contributed by atoms with van der Waals surface area (Å²) in [6.07, 6.45) is 5.52. The number of para-hydroxylation sites is 2. The lowest BCUT2D eigenvalue weighted by Crippen LogP contribution is -2.29. The standard InChI is InChI=1S/C16H23N3OS/c1-3-4-9-15(20)17-14(10-11-21-2)16-18-12-7-5-6-8-13(12)19-16/h5-8,14H,3-4,9-11H2,1-2H3,(H,17,20)(H,18,19)/t14-/m1/s1. The zero-order chi connectivity index (χ0) is 15.1. The smallest absolute Gasteiger partial charge is 0.220 e. The van der Waals surface area contributed by atoms with Crippen molar-refractivity contribution in [2.45, 2.75) is 38.6 Å². The number of hydrogen-bond acceptors (Lipinski definition) is 3. The number of nitrogens with zero attached hydrogens (tertiary/aromatic N) is 1. The van der Waals surface area contributed by atoms with Crippen LogP contribution >= 0.6 is 11.8 Å². The van der Waals surface area contributed by atoms with Crippen LogP contribution in [0.3, 0.4) is 0 Å². The van der Waals surface area contributed by atoms with Gasteiger partial charge in [0, 0.05) is 6.42 Å². The van der Waals surface area contributed by atoms with Crippen molar-refractivity contribution >= 4 is 28.7 Å². The normalized spacial score (nSPS) is 12.5. The van der Waals surface area contributed by atoms with Gasteiger partial charge in [0.25, 0.3) is 0 Å². The molecule has 1 amide bonds. The summed E-state index contributed by atoms with van der Waals surface area (Å²) in [4.78, 5) is 20.0. The third-order valence-corrected chi connectivity index (χ3v) is 4.08. The number of hydrogen-bond donors (Lipinski definition) is 2. The molecule has 0 aliphatic heterocycles. The molecule has 21 heavy (non-hydrogen) atoms. The maximum Gasteiger partial charge on any atom is 0.220 e. The molecule has 1 aromatic heterocycles. The highest BCUT2D eigenvalue weighted by molar-refractivity contribution is 7.98. The van der Waals surface area contributed by atoms with Crippen molar-refractivity contribution in [2.75, 3.05) is 12.0 Å². The van der Waals surface area contributed by atoms with Crippen LogP contribution in [0.5, 0.6) is 0 Å². The van der Waals surface area contributed by atoms with Gasteiger partial charge in [-0.25, -0.2) is 4.98 Å². The molecule has 0 saturated heterocycles. The molecule has 114 valence electrons. The van der Waals surface area contributed by atoms with Crippen molar-refractivity contribution in [2.24, 2.45) is 0 Å². The molecule has 1 aromatic carbocycles. The number of aromatic amines is 1. The molecule has 0 aliphatic rings. The van der Waals surface area contributed by atoms with Crippen molar-refractivity contribution in [3.63, 3.8) is 0 Å². The van der Waals surface area contributed by atoms with Crippen LogP contribution in [-0.4, -0.2) is 27.9 Å². The second-order valence-electron chi connectivity index (χ2n) is 5.14. The number of imidazole rings is 1. The minimum atomic E-state index is -0.0331. The van der Waals surface area contributed by atoms with E-state index < -0.39 is 0 Å². The van der Waals surface area contributed by atoms with Crippen molar-refractivity contribution in [3.8, 4) is 0 Å². The maximum absolute atomic E-state index is 12.0. The molecular formula is C16H23N3OS. The van der Waals surface area contributed by atoms with Crippen LogP contribution in [0.1, 0.15) is 44.5 Å². The number of carbonyl (C=O) groups excluding carboxylic acids is 1. The first-order chi connectivity index (χ1) is 10.2. The molecule has 2 N–H and O–H groups in total. The average molecular weight is 305 g/mol.